The summed E-state index contributed by atoms with van der Waals surface area (Å²) in [6.45, 7) is 0. The first-order chi connectivity index (χ1) is 10.1. The summed E-state index contributed by atoms with van der Waals surface area (Å²) in [5.41, 5.74) is 1.62. The van der Waals surface area contributed by atoms with Gasteiger partial charge in [-0.1, -0.05) is 31.4 Å². The minimum absolute atomic E-state index is 0.274. The number of nitrogens with one attached hydrogen (secondary N) is 1. The van der Waals surface area contributed by atoms with Crippen LogP contribution in [0.5, 0.6) is 5.75 Å². The van der Waals surface area contributed by atoms with Crippen LogP contribution in [0.25, 0.3) is 0 Å². The lowest BCUT2D eigenvalue weighted by Crippen LogP contribution is -2.60. The molecule has 2 rings (SSSR count). The lowest BCUT2D eigenvalue weighted by molar-refractivity contribution is 0.0598. The molecule has 1 atom stereocenters. The Morgan fingerprint density at radius 2 is 1.95 bits per heavy atom. The Bertz CT molecular complexity index is 439. The van der Waals surface area contributed by atoms with Crippen molar-refractivity contribution in [2.45, 2.75) is 50.1 Å². The van der Waals surface area contributed by atoms with Crippen LogP contribution in [0.15, 0.2) is 24.3 Å². The number of benzene rings is 1. The van der Waals surface area contributed by atoms with Crippen molar-refractivity contribution in [3.8, 4) is 5.75 Å². The predicted octanol–water partition coefficient (Wildman–Crippen LogP) is 3.09. The van der Waals surface area contributed by atoms with Crippen molar-refractivity contribution >= 4 is 0 Å². The summed E-state index contributed by atoms with van der Waals surface area (Å²) in [7, 11) is 8.31. The highest BCUT2D eigenvalue weighted by atomic mass is 16.5. The number of likely N-dealkylation sites (N-methyl/N-ethyl adjacent to an activating group) is 2. The van der Waals surface area contributed by atoms with Crippen molar-refractivity contribution < 1.29 is 4.74 Å². The molecule has 0 spiro atoms. The van der Waals surface area contributed by atoms with Crippen molar-refractivity contribution in [2.24, 2.45) is 0 Å². The van der Waals surface area contributed by atoms with Gasteiger partial charge in [0.05, 0.1) is 7.11 Å². The number of hydrogen-bond donors (Lipinski definition) is 1. The molecule has 1 fully saturated rings. The Labute approximate surface area is 129 Å². The van der Waals surface area contributed by atoms with Gasteiger partial charge in [0.15, 0.2) is 0 Å². The fourth-order valence-electron chi connectivity index (χ4n) is 3.87. The Kier molecular flexibility index (Phi) is 5.65. The molecular formula is C18H30N2O. The SMILES string of the molecule is CNC(Cc1cccc(OC)c1)C1(N(C)C)CCCCC1. The molecule has 1 N–H and O–H groups in total. The van der Waals surface area contributed by atoms with E-state index >= 15 is 0 Å². The van der Waals surface area contributed by atoms with E-state index in [0.29, 0.717) is 6.04 Å². The maximum absolute atomic E-state index is 5.36. The zero-order valence-electron chi connectivity index (χ0n) is 14.0. The van der Waals surface area contributed by atoms with Crippen LogP contribution in [0.1, 0.15) is 37.7 Å². The number of ether oxygens (including phenoxy) is 1. The van der Waals surface area contributed by atoms with Crippen molar-refractivity contribution in [1.82, 2.24) is 10.2 Å². The molecule has 0 heterocycles. The van der Waals surface area contributed by atoms with Crippen molar-refractivity contribution in [2.75, 3.05) is 28.3 Å². The second kappa shape index (κ2) is 7.28. The lowest BCUT2D eigenvalue weighted by atomic mass is 9.73. The summed E-state index contributed by atoms with van der Waals surface area (Å²) in [4.78, 5) is 2.45. The van der Waals surface area contributed by atoms with Gasteiger partial charge in [-0.15, -0.1) is 0 Å². The molecule has 0 radical (unpaired) electrons. The summed E-state index contributed by atoms with van der Waals surface area (Å²) in [5, 5.41) is 3.60. The summed E-state index contributed by atoms with van der Waals surface area (Å²) >= 11 is 0. The molecule has 0 aromatic heterocycles. The first-order valence-electron chi connectivity index (χ1n) is 8.10. The molecule has 0 aliphatic heterocycles. The minimum atomic E-state index is 0.274. The predicted molar refractivity (Wildman–Crippen MR) is 89.0 cm³/mol. The third-order valence-corrected chi connectivity index (χ3v) is 5.18. The van der Waals surface area contributed by atoms with Gasteiger partial charge in [-0.25, -0.2) is 0 Å². The van der Waals surface area contributed by atoms with E-state index in [9.17, 15) is 0 Å². The van der Waals surface area contributed by atoms with Gasteiger partial charge in [0.2, 0.25) is 0 Å². The van der Waals surface area contributed by atoms with Crippen LogP contribution in [-0.4, -0.2) is 44.7 Å². The van der Waals surface area contributed by atoms with E-state index in [0.717, 1.165) is 12.2 Å². The molecular weight excluding hydrogens is 260 g/mol. The van der Waals surface area contributed by atoms with E-state index in [1.165, 1.54) is 37.7 Å². The fraction of sp³-hybridized carbons (Fsp3) is 0.667. The number of nitrogens with zero attached hydrogens (tertiary/aromatic N) is 1. The van der Waals surface area contributed by atoms with Gasteiger partial charge in [-0.3, -0.25) is 0 Å². The summed E-state index contributed by atoms with van der Waals surface area (Å²) < 4.78 is 5.36. The van der Waals surface area contributed by atoms with E-state index < -0.39 is 0 Å². The Morgan fingerprint density at radius 1 is 1.24 bits per heavy atom. The van der Waals surface area contributed by atoms with Crippen LogP contribution in [-0.2, 0) is 6.42 Å². The molecule has 1 aromatic carbocycles. The highest BCUT2D eigenvalue weighted by Crippen LogP contribution is 2.36. The molecule has 1 aromatic rings. The Balaban J connectivity index is 2.20. The van der Waals surface area contributed by atoms with Gasteiger partial charge in [0, 0.05) is 11.6 Å². The first kappa shape index (κ1) is 16.3. The van der Waals surface area contributed by atoms with E-state index in [2.05, 4.69) is 49.6 Å². The minimum Gasteiger partial charge on any atom is -0.497 e. The zero-order chi connectivity index (χ0) is 15.3. The van der Waals surface area contributed by atoms with Gasteiger partial charge in [-0.05, 0) is 58.1 Å². The van der Waals surface area contributed by atoms with E-state index in [1.54, 1.807) is 7.11 Å². The lowest BCUT2D eigenvalue weighted by Gasteiger charge is -2.48. The average molecular weight is 290 g/mol. The molecule has 0 bridgehead atoms. The Hall–Kier alpha value is -1.06. The average Bonchev–Trinajstić information content (AvgIpc) is 2.53. The van der Waals surface area contributed by atoms with Crippen LogP contribution in [0.4, 0.5) is 0 Å². The molecule has 1 unspecified atom stereocenters. The summed E-state index contributed by atoms with van der Waals surface area (Å²) in [6.07, 6.45) is 7.69. The fourth-order valence-corrected chi connectivity index (χ4v) is 3.87. The third kappa shape index (κ3) is 3.58. The topological polar surface area (TPSA) is 24.5 Å². The molecule has 3 nitrogen and oxygen atoms in total. The number of rotatable bonds is 6. The maximum Gasteiger partial charge on any atom is 0.119 e. The number of methoxy groups -OCH3 is 1. The normalized spacial score (nSPS) is 19.5. The van der Waals surface area contributed by atoms with Gasteiger partial charge in [0.25, 0.3) is 0 Å². The van der Waals surface area contributed by atoms with Crippen molar-refractivity contribution in [1.29, 1.82) is 0 Å². The van der Waals surface area contributed by atoms with Gasteiger partial charge < -0.3 is 15.0 Å². The molecule has 0 amide bonds. The van der Waals surface area contributed by atoms with Crippen LogP contribution in [0, 0.1) is 0 Å². The summed E-state index contributed by atoms with van der Waals surface area (Å²) in [5.74, 6) is 0.949. The van der Waals surface area contributed by atoms with E-state index in [-0.39, 0.29) is 5.54 Å². The number of hydrogen-bond acceptors (Lipinski definition) is 3. The molecule has 0 saturated heterocycles. The molecule has 3 heteroatoms. The highest BCUT2D eigenvalue weighted by molar-refractivity contribution is 5.29. The van der Waals surface area contributed by atoms with E-state index in [1.807, 2.05) is 6.07 Å². The van der Waals surface area contributed by atoms with Gasteiger partial charge in [-0.2, -0.15) is 0 Å². The molecule has 21 heavy (non-hydrogen) atoms. The largest absolute Gasteiger partial charge is 0.497 e. The van der Waals surface area contributed by atoms with Crippen molar-refractivity contribution in [3.05, 3.63) is 29.8 Å². The first-order valence-corrected chi connectivity index (χ1v) is 8.10. The second-order valence-corrected chi connectivity index (χ2v) is 6.46. The molecule has 1 saturated carbocycles. The zero-order valence-corrected chi connectivity index (χ0v) is 14.0. The monoisotopic (exact) mass is 290 g/mol. The second-order valence-electron chi connectivity index (χ2n) is 6.46. The van der Waals surface area contributed by atoms with Gasteiger partial charge in [0.1, 0.15) is 5.75 Å². The molecule has 1 aliphatic rings. The van der Waals surface area contributed by atoms with Crippen LogP contribution >= 0.6 is 0 Å². The Morgan fingerprint density at radius 3 is 2.52 bits per heavy atom. The summed E-state index contributed by atoms with van der Waals surface area (Å²) in [6, 6.07) is 8.94. The molecule has 1 aliphatic carbocycles. The van der Waals surface area contributed by atoms with Gasteiger partial charge >= 0.3 is 0 Å². The van der Waals surface area contributed by atoms with Crippen LogP contribution < -0.4 is 10.1 Å². The highest BCUT2D eigenvalue weighted by Gasteiger charge is 2.40. The smallest absolute Gasteiger partial charge is 0.119 e. The standard InChI is InChI=1S/C18H30N2O/c1-19-17(14-15-9-8-10-16(13-15)21-4)18(20(2)3)11-6-5-7-12-18/h8-10,13,17,19H,5-7,11-12,14H2,1-4H3. The van der Waals surface area contributed by atoms with Crippen molar-refractivity contribution in [3.63, 3.8) is 0 Å². The van der Waals surface area contributed by atoms with Crippen LogP contribution in [0.3, 0.4) is 0 Å². The van der Waals surface area contributed by atoms with E-state index in [4.69, 9.17) is 4.74 Å². The van der Waals surface area contributed by atoms with Crippen LogP contribution in [0.2, 0.25) is 0 Å². The molecule has 118 valence electrons. The quantitative estimate of drug-likeness (QED) is 0.871. The maximum atomic E-state index is 5.36. The third-order valence-electron chi connectivity index (χ3n) is 5.18.